The molecule has 0 saturated carbocycles. The van der Waals surface area contributed by atoms with Crippen molar-refractivity contribution in [1.82, 2.24) is 4.86 Å². The van der Waals surface area contributed by atoms with Gasteiger partial charge in [-0.25, -0.2) is 0 Å². The van der Waals surface area contributed by atoms with Crippen LogP contribution in [-0.2, 0) is 23.6 Å². The molecule has 0 amide bonds. The van der Waals surface area contributed by atoms with E-state index in [-0.39, 0.29) is 0 Å². The molecule has 0 aromatic carbocycles. The molecule has 1 N–H and O–H groups in total. The molecular weight excluding hydrogens is 1000 g/mol. The highest BCUT2D eigenvalue weighted by Crippen LogP contribution is 2.57. The predicted octanol–water partition coefficient (Wildman–Crippen LogP) is 28.4. The summed E-state index contributed by atoms with van der Waals surface area (Å²) in [4.78, 5) is 4.47. The molecule has 0 aliphatic carbocycles. The van der Waals surface area contributed by atoms with Gasteiger partial charge in [-0.15, -0.1) is 0 Å². The normalized spacial score (nSPS) is 12.2. The molecule has 1 nitrogen and oxygen atoms in total. The first-order chi connectivity index (χ1) is 37.9. The van der Waals surface area contributed by atoms with Gasteiger partial charge < -0.3 is 0 Å². The average molecular weight is 1160 g/mol. The van der Waals surface area contributed by atoms with Gasteiger partial charge in [-0.2, -0.15) is 0 Å². The van der Waals surface area contributed by atoms with E-state index in [1.807, 2.05) is 0 Å². The summed E-state index contributed by atoms with van der Waals surface area (Å²) in [6.45, 7) is 9.30. The standard InChI is InChI=1S/C72H149NP2S2/c1-5-9-13-17-21-25-29-33-37-41-45-49-53-57-61-65-69-74(76,70-66-62-58-54-50-46-42-38-34-30-26-22-18-14-10-6-2)73-75(77,71-67-63-59-55-51-47-43-39-35-31-27-23-19-15-11-7-3)72-68-64-60-56-52-48-44-40-36-32-28-24-20-16-12-8-4/h5-72H2,1-4H3,(H,73,76,77). The van der Waals surface area contributed by atoms with Gasteiger partial charge in [0, 0.05) is 12.4 Å². The number of hydrogen-bond donors (Lipinski definition) is 1. The molecule has 0 atom stereocenters. The van der Waals surface area contributed by atoms with Crippen LogP contribution >= 0.6 is 12.4 Å². The summed E-state index contributed by atoms with van der Waals surface area (Å²) in [7, 11) is 0. The maximum Gasteiger partial charge on any atom is 0.0164 e. The third kappa shape index (κ3) is 63.1. The Kier molecular flexibility index (Phi) is 67.5. The smallest absolute Gasteiger partial charge is 0.0164 e. The summed E-state index contributed by atoms with van der Waals surface area (Å²) in [6.07, 6.45) is 93.8. The molecule has 0 aliphatic rings. The van der Waals surface area contributed by atoms with Gasteiger partial charge in [-0.05, 0) is 50.3 Å². The van der Waals surface area contributed by atoms with Crippen molar-refractivity contribution in [2.24, 2.45) is 0 Å². The molecule has 0 saturated heterocycles. The van der Waals surface area contributed by atoms with Gasteiger partial charge in [0.15, 0.2) is 0 Å². The highest BCUT2D eigenvalue weighted by atomic mass is 32.5. The fraction of sp³-hybridized carbons (Fsp3) is 1.00. The summed E-state index contributed by atoms with van der Waals surface area (Å²) in [6, 6.07) is 0. The van der Waals surface area contributed by atoms with Crippen LogP contribution in [0.5, 0.6) is 0 Å². The van der Waals surface area contributed by atoms with Gasteiger partial charge in [0.05, 0.1) is 0 Å². The summed E-state index contributed by atoms with van der Waals surface area (Å²) in [5, 5.41) is 0. The first-order valence-electron chi connectivity index (χ1n) is 36.9. The highest BCUT2D eigenvalue weighted by Gasteiger charge is 2.25. The molecule has 0 heterocycles. The Balaban J connectivity index is 5.13. The Hall–Kier alpha value is 1.26. The third-order valence-corrected chi connectivity index (χ3v) is 28.6. The lowest BCUT2D eigenvalue weighted by atomic mass is 10.0. The van der Waals surface area contributed by atoms with E-state index in [0.29, 0.717) is 0 Å². The minimum absolute atomic E-state index is 1.27. The first kappa shape index (κ1) is 78.3. The number of hydrogen-bond acceptors (Lipinski definition) is 2. The first-order valence-corrected chi connectivity index (χ1v) is 43.3. The molecule has 77 heavy (non-hydrogen) atoms. The van der Waals surface area contributed by atoms with Crippen molar-refractivity contribution in [1.29, 1.82) is 0 Å². The molecule has 0 aromatic heterocycles. The molecule has 0 rings (SSSR count). The van der Waals surface area contributed by atoms with Crippen LogP contribution in [0, 0.1) is 0 Å². The van der Waals surface area contributed by atoms with Crippen molar-refractivity contribution in [3.05, 3.63) is 0 Å². The van der Waals surface area contributed by atoms with Crippen molar-refractivity contribution >= 4 is 36.0 Å². The zero-order chi connectivity index (χ0) is 55.8. The quantitative estimate of drug-likeness (QED) is 0.0482. The SMILES string of the molecule is CCCCCCCCCCCCCCCCCCP(=S)(CCCCCCCCCCCCCCCCCC)NP(=S)(CCCCCCCCCCCCCCCCCC)CCCCCCCCCCCCCCCCCC. The molecule has 0 aliphatic heterocycles. The van der Waals surface area contributed by atoms with Crippen molar-refractivity contribution in [3.63, 3.8) is 0 Å². The molecule has 464 valence electrons. The maximum atomic E-state index is 6.95. The molecule has 5 heteroatoms. The molecule has 0 bridgehead atoms. The second-order valence-corrected chi connectivity index (χ2v) is 36.3. The molecule has 0 radical (unpaired) electrons. The highest BCUT2D eigenvalue weighted by molar-refractivity contribution is 8.22. The van der Waals surface area contributed by atoms with Gasteiger partial charge in [0.1, 0.15) is 0 Å². The van der Waals surface area contributed by atoms with Crippen LogP contribution in [0.15, 0.2) is 0 Å². The fourth-order valence-electron chi connectivity index (χ4n) is 12.4. The van der Waals surface area contributed by atoms with Crippen LogP contribution in [-0.4, -0.2) is 24.6 Å². The second kappa shape index (κ2) is 66.4. The van der Waals surface area contributed by atoms with E-state index < -0.39 is 12.4 Å². The van der Waals surface area contributed by atoms with Crippen LogP contribution in [0.25, 0.3) is 0 Å². The van der Waals surface area contributed by atoms with Crippen molar-refractivity contribution in [3.8, 4) is 0 Å². The van der Waals surface area contributed by atoms with Crippen molar-refractivity contribution < 1.29 is 0 Å². The van der Waals surface area contributed by atoms with E-state index in [0.717, 1.165) is 0 Å². The Bertz CT molecular complexity index is 1010. The Morgan fingerprint density at radius 1 is 0.156 bits per heavy atom. The monoisotopic (exact) mass is 1150 g/mol. The number of unbranched alkanes of at least 4 members (excludes halogenated alkanes) is 60. The lowest BCUT2D eigenvalue weighted by Gasteiger charge is -2.33. The Morgan fingerprint density at radius 3 is 0.351 bits per heavy atom. The van der Waals surface area contributed by atoms with Gasteiger partial charge in [-0.3, -0.25) is 4.86 Å². The maximum absolute atomic E-state index is 6.95. The van der Waals surface area contributed by atoms with Crippen molar-refractivity contribution in [2.45, 2.75) is 439 Å². The van der Waals surface area contributed by atoms with Gasteiger partial charge >= 0.3 is 0 Å². The largest absolute Gasteiger partial charge is 0.259 e. The topological polar surface area (TPSA) is 12.0 Å². The lowest BCUT2D eigenvalue weighted by Crippen LogP contribution is -2.17. The molecule has 0 fully saturated rings. The number of nitrogens with one attached hydrogen (secondary N) is 1. The lowest BCUT2D eigenvalue weighted by molar-refractivity contribution is 0.531. The second-order valence-electron chi connectivity index (χ2n) is 26.0. The van der Waals surface area contributed by atoms with Crippen molar-refractivity contribution in [2.75, 3.05) is 24.6 Å². The summed E-state index contributed by atoms with van der Waals surface area (Å²) < 4.78 is 0. The Labute approximate surface area is 501 Å². The van der Waals surface area contributed by atoms with E-state index >= 15 is 0 Å². The summed E-state index contributed by atoms with van der Waals surface area (Å²) >= 11 is 13.9. The molecular formula is C72H149NP2S2. The van der Waals surface area contributed by atoms with Crippen LogP contribution in [0.4, 0.5) is 0 Å². The van der Waals surface area contributed by atoms with E-state index in [1.165, 1.54) is 436 Å². The molecule has 0 aromatic rings. The van der Waals surface area contributed by atoms with Crippen LogP contribution < -0.4 is 4.86 Å². The third-order valence-electron chi connectivity index (χ3n) is 17.9. The van der Waals surface area contributed by atoms with Gasteiger partial charge in [-0.1, -0.05) is 437 Å². The minimum atomic E-state index is -1.67. The zero-order valence-corrected chi connectivity index (χ0v) is 57.7. The fourth-order valence-corrected chi connectivity index (χ4v) is 24.9. The summed E-state index contributed by atoms with van der Waals surface area (Å²) in [5.74, 6) is 0. The van der Waals surface area contributed by atoms with E-state index in [4.69, 9.17) is 23.6 Å². The van der Waals surface area contributed by atoms with E-state index in [2.05, 4.69) is 32.6 Å². The van der Waals surface area contributed by atoms with E-state index in [9.17, 15) is 0 Å². The molecule has 0 unspecified atom stereocenters. The predicted molar refractivity (Wildman–Crippen MR) is 369 cm³/mol. The van der Waals surface area contributed by atoms with Gasteiger partial charge in [0.25, 0.3) is 0 Å². The summed E-state index contributed by atoms with van der Waals surface area (Å²) in [5.41, 5.74) is 0. The van der Waals surface area contributed by atoms with Crippen LogP contribution in [0.3, 0.4) is 0 Å². The number of rotatable bonds is 70. The average Bonchev–Trinajstić information content (AvgIpc) is 3.42. The van der Waals surface area contributed by atoms with Crippen LogP contribution in [0.1, 0.15) is 439 Å². The zero-order valence-electron chi connectivity index (χ0n) is 54.3. The van der Waals surface area contributed by atoms with Gasteiger partial charge in [0.2, 0.25) is 0 Å². The Morgan fingerprint density at radius 2 is 0.247 bits per heavy atom. The minimum Gasteiger partial charge on any atom is -0.259 e. The molecule has 0 spiro atoms. The van der Waals surface area contributed by atoms with Crippen LogP contribution in [0.2, 0.25) is 0 Å². The van der Waals surface area contributed by atoms with E-state index in [1.54, 1.807) is 0 Å².